The molecule has 1 aromatic heterocycles. The second-order valence-electron chi connectivity index (χ2n) is 3.06. The van der Waals surface area contributed by atoms with Gasteiger partial charge in [0.15, 0.2) is 0 Å². The van der Waals surface area contributed by atoms with Crippen LogP contribution >= 0.6 is 11.3 Å². The molecule has 1 heterocycles. The number of hydrogen-bond acceptors (Lipinski definition) is 2. The van der Waals surface area contributed by atoms with Crippen molar-refractivity contribution in [1.29, 1.82) is 0 Å². The molecule has 0 radical (unpaired) electrons. The third-order valence-corrected chi connectivity index (χ3v) is 3.31. The van der Waals surface area contributed by atoms with E-state index in [-0.39, 0.29) is 0 Å². The second kappa shape index (κ2) is 2.95. The van der Waals surface area contributed by atoms with Crippen LogP contribution in [0.5, 0.6) is 0 Å². The van der Waals surface area contributed by atoms with Crippen LogP contribution in [0.25, 0.3) is 0 Å². The zero-order valence-electron chi connectivity index (χ0n) is 7.22. The second-order valence-corrected chi connectivity index (χ2v) is 3.98. The van der Waals surface area contributed by atoms with Crippen LogP contribution in [0.2, 0.25) is 0 Å². The molecule has 0 saturated heterocycles. The molecular formula is C9H14OS. The zero-order valence-corrected chi connectivity index (χ0v) is 8.03. The molecule has 1 aromatic rings. The molecule has 62 valence electrons. The van der Waals surface area contributed by atoms with E-state index in [0.29, 0.717) is 0 Å². The molecule has 0 bridgehead atoms. The number of rotatable bonds is 2. The molecule has 1 nitrogen and oxygen atoms in total. The molecule has 0 amide bonds. The summed E-state index contributed by atoms with van der Waals surface area (Å²) in [7, 11) is 0. The van der Waals surface area contributed by atoms with Crippen LogP contribution in [-0.2, 0) is 5.60 Å². The molecule has 1 N–H and O–H groups in total. The van der Waals surface area contributed by atoms with E-state index in [0.717, 1.165) is 11.3 Å². The number of hydrogen-bond donors (Lipinski definition) is 1. The molecule has 0 unspecified atom stereocenters. The highest BCUT2D eigenvalue weighted by molar-refractivity contribution is 7.10. The Hall–Kier alpha value is -0.340. The smallest absolute Gasteiger partial charge is 0.0959 e. The number of aliphatic hydroxyl groups is 1. The largest absolute Gasteiger partial charge is 0.385 e. The lowest BCUT2D eigenvalue weighted by atomic mass is 9.99. The highest BCUT2D eigenvalue weighted by Gasteiger charge is 2.23. The van der Waals surface area contributed by atoms with Crippen LogP contribution in [0.3, 0.4) is 0 Å². The zero-order chi connectivity index (χ0) is 8.48. The highest BCUT2D eigenvalue weighted by Crippen LogP contribution is 2.31. The Balaban J connectivity index is 3.00. The van der Waals surface area contributed by atoms with Crippen LogP contribution in [0.1, 0.15) is 30.7 Å². The molecule has 0 aliphatic rings. The first kappa shape index (κ1) is 8.75. The van der Waals surface area contributed by atoms with Gasteiger partial charge in [0, 0.05) is 4.88 Å². The predicted octanol–water partition coefficient (Wildman–Crippen LogP) is 2.67. The number of thiophene rings is 1. The molecule has 0 aliphatic carbocycles. The SMILES string of the molecule is CC[C@@](C)(O)c1sccc1C. The average molecular weight is 170 g/mol. The summed E-state index contributed by atoms with van der Waals surface area (Å²) >= 11 is 1.63. The summed E-state index contributed by atoms with van der Waals surface area (Å²) in [5.41, 5.74) is 0.569. The van der Waals surface area contributed by atoms with Crippen LogP contribution in [0.4, 0.5) is 0 Å². The Morgan fingerprint density at radius 2 is 2.27 bits per heavy atom. The Bertz CT molecular complexity index is 237. The van der Waals surface area contributed by atoms with Gasteiger partial charge in [-0.15, -0.1) is 11.3 Å². The van der Waals surface area contributed by atoms with E-state index in [9.17, 15) is 5.11 Å². The first-order valence-electron chi connectivity index (χ1n) is 3.85. The van der Waals surface area contributed by atoms with Gasteiger partial charge in [-0.2, -0.15) is 0 Å². The topological polar surface area (TPSA) is 20.2 Å². The summed E-state index contributed by atoms with van der Waals surface area (Å²) in [6, 6.07) is 2.05. The standard InChI is InChI=1S/C9H14OS/c1-4-9(3,10)8-7(2)5-6-11-8/h5-6,10H,4H2,1-3H3/t9-/m1/s1. The average Bonchev–Trinajstić information content (AvgIpc) is 2.36. The quantitative estimate of drug-likeness (QED) is 0.723. The van der Waals surface area contributed by atoms with E-state index >= 15 is 0 Å². The minimum Gasteiger partial charge on any atom is -0.385 e. The van der Waals surface area contributed by atoms with Gasteiger partial charge in [0.2, 0.25) is 0 Å². The molecule has 0 spiro atoms. The minimum atomic E-state index is -0.627. The van der Waals surface area contributed by atoms with Crippen molar-refractivity contribution < 1.29 is 5.11 Å². The minimum absolute atomic E-state index is 0.627. The molecule has 1 rings (SSSR count). The Kier molecular flexibility index (Phi) is 2.35. The van der Waals surface area contributed by atoms with Crippen molar-refractivity contribution in [2.24, 2.45) is 0 Å². The van der Waals surface area contributed by atoms with Crippen molar-refractivity contribution in [3.05, 3.63) is 21.9 Å². The van der Waals surface area contributed by atoms with Gasteiger partial charge in [0.1, 0.15) is 0 Å². The van der Waals surface area contributed by atoms with Crippen molar-refractivity contribution in [2.75, 3.05) is 0 Å². The molecule has 2 heteroatoms. The van der Waals surface area contributed by atoms with Crippen molar-refractivity contribution in [1.82, 2.24) is 0 Å². The van der Waals surface area contributed by atoms with E-state index in [1.807, 2.05) is 32.2 Å². The fourth-order valence-corrected chi connectivity index (χ4v) is 2.15. The normalized spacial score (nSPS) is 16.4. The Labute approximate surface area is 71.7 Å². The highest BCUT2D eigenvalue weighted by atomic mass is 32.1. The molecule has 11 heavy (non-hydrogen) atoms. The van der Waals surface area contributed by atoms with Crippen molar-refractivity contribution in [3.8, 4) is 0 Å². The fraction of sp³-hybridized carbons (Fsp3) is 0.556. The van der Waals surface area contributed by atoms with Gasteiger partial charge in [-0.1, -0.05) is 6.92 Å². The summed E-state index contributed by atoms with van der Waals surface area (Å²) in [6.07, 6.45) is 0.772. The Morgan fingerprint density at radius 3 is 2.64 bits per heavy atom. The van der Waals surface area contributed by atoms with Crippen molar-refractivity contribution in [2.45, 2.75) is 32.8 Å². The number of aryl methyl sites for hydroxylation is 1. The molecular weight excluding hydrogens is 156 g/mol. The predicted molar refractivity (Wildman–Crippen MR) is 48.9 cm³/mol. The van der Waals surface area contributed by atoms with Gasteiger partial charge in [0.25, 0.3) is 0 Å². The van der Waals surface area contributed by atoms with E-state index in [4.69, 9.17) is 0 Å². The van der Waals surface area contributed by atoms with Gasteiger partial charge >= 0.3 is 0 Å². The maximum absolute atomic E-state index is 9.87. The molecule has 1 atom stereocenters. The molecule has 0 aromatic carbocycles. The molecule has 0 saturated carbocycles. The van der Waals surface area contributed by atoms with Gasteiger partial charge in [-0.05, 0) is 37.3 Å². The fourth-order valence-electron chi connectivity index (χ4n) is 1.09. The summed E-state index contributed by atoms with van der Waals surface area (Å²) < 4.78 is 0. The van der Waals surface area contributed by atoms with E-state index in [1.165, 1.54) is 5.56 Å². The Morgan fingerprint density at radius 1 is 1.64 bits per heavy atom. The van der Waals surface area contributed by atoms with Gasteiger partial charge < -0.3 is 5.11 Å². The van der Waals surface area contributed by atoms with Crippen LogP contribution in [0.15, 0.2) is 11.4 Å². The van der Waals surface area contributed by atoms with Crippen LogP contribution in [0, 0.1) is 6.92 Å². The summed E-state index contributed by atoms with van der Waals surface area (Å²) in [5.74, 6) is 0. The lowest BCUT2D eigenvalue weighted by Crippen LogP contribution is -2.18. The van der Waals surface area contributed by atoms with Gasteiger partial charge in [0.05, 0.1) is 5.60 Å². The molecule has 0 fully saturated rings. The monoisotopic (exact) mass is 170 g/mol. The first-order chi connectivity index (χ1) is 5.08. The summed E-state index contributed by atoms with van der Waals surface area (Å²) in [6.45, 7) is 5.90. The van der Waals surface area contributed by atoms with Crippen LogP contribution in [-0.4, -0.2) is 5.11 Å². The van der Waals surface area contributed by atoms with Gasteiger partial charge in [-0.3, -0.25) is 0 Å². The maximum Gasteiger partial charge on any atom is 0.0959 e. The summed E-state index contributed by atoms with van der Waals surface area (Å²) in [5, 5.41) is 11.9. The lowest BCUT2D eigenvalue weighted by molar-refractivity contribution is 0.0563. The first-order valence-corrected chi connectivity index (χ1v) is 4.73. The third-order valence-electron chi connectivity index (χ3n) is 2.04. The van der Waals surface area contributed by atoms with E-state index in [2.05, 4.69) is 0 Å². The third kappa shape index (κ3) is 1.63. The lowest BCUT2D eigenvalue weighted by Gasteiger charge is -2.20. The molecule has 0 aliphatic heterocycles. The van der Waals surface area contributed by atoms with Gasteiger partial charge in [-0.25, -0.2) is 0 Å². The van der Waals surface area contributed by atoms with E-state index in [1.54, 1.807) is 11.3 Å². The van der Waals surface area contributed by atoms with Crippen LogP contribution < -0.4 is 0 Å². The van der Waals surface area contributed by atoms with Crippen molar-refractivity contribution in [3.63, 3.8) is 0 Å². The maximum atomic E-state index is 9.87. The van der Waals surface area contributed by atoms with Crippen molar-refractivity contribution >= 4 is 11.3 Å². The van der Waals surface area contributed by atoms with E-state index < -0.39 is 5.60 Å². The summed E-state index contributed by atoms with van der Waals surface area (Å²) in [4.78, 5) is 1.10.